The number of nitrogens with one attached hydrogen (secondary N) is 1. The second kappa shape index (κ2) is 9.18. The van der Waals surface area contributed by atoms with Crippen molar-refractivity contribution in [2.45, 2.75) is 71.2 Å². The van der Waals surface area contributed by atoms with Crippen molar-refractivity contribution in [3.05, 3.63) is 41.0 Å². The van der Waals surface area contributed by atoms with E-state index in [4.69, 9.17) is 20.0 Å². The highest BCUT2D eigenvalue weighted by Crippen LogP contribution is 2.50. The minimum atomic E-state index is -0.764. The number of aryl methyl sites for hydroxylation is 1. The van der Waals surface area contributed by atoms with Crippen molar-refractivity contribution in [2.24, 2.45) is 11.1 Å². The standard InChI is InChI=1S/C23H32N2O5/c1-22(2,3)23(29-21(24)27)13-6-7-17-15-16(9-11-18(17)23)10-12-19(26)25-30-20-8-4-5-14-28-20/h9-12,15,20H,4-8,13-14H2,1-3H3,(H2,24,27)(H,25,26). The number of benzene rings is 1. The summed E-state index contributed by atoms with van der Waals surface area (Å²) in [4.78, 5) is 29.0. The highest BCUT2D eigenvalue weighted by atomic mass is 16.8. The maximum atomic E-state index is 12.1. The fourth-order valence-electron chi connectivity index (χ4n) is 4.32. The number of amides is 2. The fourth-order valence-corrected chi connectivity index (χ4v) is 4.32. The SMILES string of the molecule is CC(C)(C)C1(OC(N)=O)CCCc2cc(C=CC(=O)NOC3CCCCO3)ccc21. The van der Waals surface area contributed by atoms with Gasteiger partial charge < -0.3 is 15.2 Å². The number of carbonyl (C=O) groups is 2. The lowest BCUT2D eigenvalue weighted by Crippen LogP contribution is -2.47. The van der Waals surface area contributed by atoms with Gasteiger partial charge in [-0.1, -0.05) is 39.0 Å². The van der Waals surface area contributed by atoms with E-state index in [0.29, 0.717) is 6.61 Å². The van der Waals surface area contributed by atoms with E-state index >= 15 is 0 Å². The first kappa shape index (κ1) is 22.3. The van der Waals surface area contributed by atoms with Gasteiger partial charge in [0.1, 0.15) is 5.60 Å². The van der Waals surface area contributed by atoms with Crippen LogP contribution in [0.5, 0.6) is 0 Å². The predicted octanol–water partition coefficient (Wildman–Crippen LogP) is 3.95. The summed E-state index contributed by atoms with van der Waals surface area (Å²) in [5, 5.41) is 0. The van der Waals surface area contributed by atoms with Crippen LogP contribution < -0.4 is 11.2 Å². The van der Waals surface area contributed by atoms with Crippen molar-refractivity contribution in [2.75, 3.05) is 6.61 Å². The Balaban J connectivity index is 1.72. The van der Waals surface area contributed by atoms with E-state index in [1.807, 2.05) is 18.2 Å². The summed E-state index contributed by atoms with van der Waals surface area (Å²) in [5.41, 5.74) is 9.74. The van der Waals surface area contributed by atoms with E-state index in [2.05, 4.69) is 26.3 Å². The monoisotopic (exact) mass is 416 g/mol. The topological polar surface area (TPSA) is 99.9 Å². The van der Waals surface area contributed by atoms with Crippen LogP contribution in [0.1, 0.15) is 69.6 Å². The molecule has 0 aromatic heterocycles. The molecule has 1 saturated heterocycles. The van der Waals surface area contributed by atoms with E-state index in [1.165, 1.54) is 6.08 Å². The number of nitrogens with two attached hydrogens (primary N) is 1. The number of rotatable bonds is 5. The van der Waals surface area contributed by atoms with Crippen molar-refractivity contribution >= 4 is 18.1 Å². The third-order valence-corrected chi connectivity index (χ3v) is 5.88. The number of primary amides is 1. The average molecular weight is 417 g/mol. The van der Waals surface area contributed by atoms with E-state index in [-0.39, 0.29) is 17.6 Å². The molecule has 30 heavy (non-hydrogen) atoms. The lowest BCUT2D eigenvalue weighted by atomic mass is 9.65. The van der Waals surface area contributed by atoms with Crippen LogP contribution in [-0.4, -0.2) is 24.9 Å². The van der Waals surface area contributed by atoms with E-state index < -0.39 is 11.7 Å². The number of hydroxylamine groups is 1. The average Bonchev–Trinajstić information content (AvgIpc) is 2.70. The number of carbonyl (C=O) groups excluding carboxylic acids is 2. The molecule has 1 aromatic rings. The van der Waals surface area contributed by atoms with Crippen LogP contribution in [0.15, 0.2) is 24.3 Å². The van der Waals surface area contributed by atoms with Gasteiger partial charge in [0.25, 0.3) is 5.91 Å². The fraction of sp³-hybridized carbons (Fsp3) is 0.565. The summed E-state index contributed by atoms with van der Waals surface area (Å²) in [6, 6.07) is 5.94. The molecule has 2 atom stereocenters. The van der Waals surface area contributed by atoms with Crippen LogP contribution in [0.4, 0.5) is 4.79 Å². The molecule has 1 aliphatic heterocycles. The Morgan fingerprint density at radius 3 is 2.73 bits per heavy atom. The van der Waals surface area contributed by atoms with Gasteiger partial charge in [-0.2, -0.15) is 0 Å². The molecular weight excluding hydrogens is 384 g/mol. The Morgan fingerprint density at radius 2 is 2.07 bits per heavy atom. The molecule has 1 heterocycles. The highest BCUT2D eigenvalue weighted by molar-refractivity contribution is 5.91. The van der Waals surface area contributed by atoms with Gasteiger partial charge in [-0.25, -0.2) is 15.1 Å². The molecule has 3 N–H and O–H groups in total. The number of hydrogen-bond acceptors (Lipinski definition) is 5. The van der Waals surface area contributed by atoms with Crippen LogP contribution in [-0.2, 0) is 31.1 Å². The van der Waals surface area contributed by atoms with Crippen molar-refractivity contribution in [3.63, 3.8) is 0 Å². The van der Waals surface area contributed by atoms with Gasteiger partial charge >= 0.3 is 6.09 Å². The molecule has 7 nitrogen and oxygen atoms in total. The number of ether oxygens (including phenoxy) is 2. The second-order valence-corrected chi connectivity index (χ2v) is 8.98. The lowest BCUT2D eigenvalue weighted by molar-refractivity contribution is -0.198. The Bertz CT molecular complexity index is 808. The first-order chi connectivity index (χ1) is 14.2. The van der Waals surface area contributed by atoms with Crippen LogP contribution in [0.2, 0.25) is 0 Å². The third-order valence-electron chi connectivity index (χ3n) is 5.88. The van der Waals surface area contributed by atoms with Crippen molar-refractivity contribution in [1.82, 2.24) is 5.48 Å². The predicted molar refractivity (Wildman–Crippen MR) is 113 cm³/mol. The van der Waals surface area contributed by atoms with Gasteiger partial charge in [0.2, 0.25) is 0 Å². The molecule has 0 spiro atoms. The Labute approximate surface area is 177 Å². The minimum Gasteiger partial charge on any atom is -0.438 e. The molecule has 2 aliphatic rings. The molecule has 0 radical (unpaired) electrons. The van der Waals surface area contributed by atoms with Crippen LogP contribution in [0, 0.1) is 5.41 Å². The summed E-state index contributed by atoms with van der Waals surface area (Å²) in [6.45, 7) is 6.82. The molecular formula is C23H32N2O5. The summed E-state index contributed by atoms with van der Waals surface area (Å²) in [6.07, 6.45) is 7.35. The van der Waals surface area contributed by atoms with Crippen LogP contribution >= 0.6 is 0 Å². The van der Waals surface area contributed by atoms with Crippen LogP contribution in [0.3, 0.4) is 0 Å². The molecule has 1 aromatic carbocycles. The van der Waals surface area contributed by atoms with Gasteiger partial charge in [-0.3, -0.25) is 4.79 Å². The van der Waals surface area contributed by atoms with Crippen molar-refractivity contribution < 1.29 is 23.9 Å². The molecule has 0 bridgehead atoms. The number of hydrogen-bond donors (Lipinski definition) is 2. The van der Waals surface area contributed by atoms with Gasteiger partial charge in [0.05, 0.1) is 0 Å². The van der Waals surface area contributed by atoms with Gasteiger partial charge in [-0.15, -0.1) is 0 Å². The van der Waals surface area contributed by atoms with E-state index in [1.54, 1.807) is 6.08 Å². The van der Waals surface area contributed by atoms with Gasteiger partial charge in [0, 0.05) is 24.5 Å². The largest absolute Gasteiger partial charge is 0.438 e. The molecule has 1 fully saturated rings. The molecule has 1 aliphatic carbocycles. The summed E-state index contributed by atoms with van der Waals surface area (Å²) < 4.78 is 11.1. The maximum absolute atomic E-state index is 12.1. The highest BCUT2D eigenvalue weighted by Gasteiger charge is 2.49. The van der Waals surface area contributed by atoms with E-state index in [0.717, 1.165) is 55.2 Å². The first-order valence-corrected chi connectivity index (χ1v) is 10.6. The quantitative estimate of drug-likeness (QED) is 0.559. The molecule has 0 saturated carbocycles. The van der Waals surface area contributed by atoms with Crippen molar-refractivity contribution in [3.8, 4) is 0 Å². The zero-order valence-electron chi connectivity index (χ0n) is 18.0. The Morgan fingerprint density at radius 1 is 1.27 bits per heavy atom. The number of fused-ring (bicyclic) bond motifs is 1. The second-order valence-electron chi connectivity index (χ2n) is 8.98. The molecule has 3 rings (SSSR count). The first-order valence-electron chi connectivity index (χ1n) is 10.6. The molecule has 7 heteroatoms. The summed E-state index contributed by atoms with van der Waals surface area (Å²) in [5.74, 6) is -0.344. The smallest absolute Gasteiger partial charge is 0.405 e. The molecule has 2 amide bonds. The maximum Gasteiger partial charge on any atom is 0.405 e. The lowest BCUT2D eigenvalue weighted by Gasteiger charge is -2.47. The molecule has 2 unspecified atom stereocenters. The zero-order chi connectivity index (χ0) is 21.8. The molecule has 164 valence electrons. The summed E-state index contributed by atoms with van der Waals surface area (Å²) >= 11 is 0. The van der Waals surface area contributed by atoms with Crippen molar-refractivity contribution in [1.29, 1.82) is 0 Å². The zero-order valence-corrected chi connectivity index (χ0v) is 18.0. The van der Waals surface area contributed by atoms with E-state index in [9.17, 15) is 9.59 Å². The van der Waals surface area contributed by atoms with Crippen LogP contribution in [0.25, 0.3) is 6.08 Å². The Kier molecular flexibility index (Phi) is 6.83. The third kappa shape index (κ3) is 5.02. The van der Waals surface area contributed by atoms with Gasteiger partial charge in [0.15, 0.2) is 6.29 Å². The minimum absolute atomic E-state index is 0.313. The van der Waals surface area contributed by atoms with Gasteiger partial charge in [-0.05, 0) is 54.9 Å². The Hall–Kier alpha value is -2.38. The normalized spacial score (nSPS) is 24.3. The summed E-state index contributed by atoms with van der Waals surface area (Å²) in [7, 11) is 0.